The second kappa shape index (κ2) is 9.23. The Labute approximate surface area is 161 Å². The summed E-state index contributed by atoms with van der Waals surface area (Å²) in [6.07, 6.45) is 17.6. The van der Waals surface area contributed by atoms with E-state index >= 15 is 0 Å². The molecule has 0 saturated heterocycles. The maximum Gasteiger partial charge on any atom is 0.373 e. The standard InChI is InChI=1S/C23H30O4/c1-3-5-10-16(4-2)15-21-19-13-7-6-11-17(19)18-12-8-9-14-20(18)26-23(27-21)22(24)25/h7-9,12-14,16,20,23H,3-6,10-11,15H2,1-2H3,(H,24,25)/b18-17-,21-19?. The highest BCUT2D eigenvalue weighted by atomic mass is 16.7. The molecule has 0 aromatic carbocycles. The lowest BCUT2D eigenvalue weighted by molar-refractivity contribution is -0.185. The van der Waals surface area contributed by atoms with Crippen LogP contribution < -0.4 is 0 Å². The molecule has 0 saturated carbocycles. The predicted molar refractivity (Wildman–Crippen MR) is 106 cm³/mol. The van der Waals surface area contributed by atoms with E-state index in [-0.39, 0.29) is 6.10 Å². The molecule has 1 heterocycles. The molecule has 0 fully saturated rings. The molecule has 3 aliphatic rings. The summed E-state index contributed by atoms with van der Waals surface area (Å²) in [5, 5.41) is 9.64. The Morgan fingerprint density at radius 3 is 2.89 bits per heavy atom. The van der Waals surface area contributed by atoms with Gasteiger partial charge < -0.3 is 14.6 Å². The fourth-order valence-electron chi connectivity index (χ4n) is 3.96. The van der Waals surface area contributed by atoms with Crippen LogP contribution in [0.1, 0.15) is 58.8 Å². The Balaban J connectivity index is 2.03. The van der Waals surface area contributed by atoms with Gasteiger partial charge in [-0.25, -0.2) is 4.79 Å². The van der Waals surface area contributed by atoms with Crippen molar-refractivity contribution in [3.8, 4) is 0 Å². The lowest BCUT2D eigenvalue weighted by Gasteiger charge is -2.32. The summed E-state index contributed by atoms with van der Waals surface area (Å²) in [7, 11) is 0. The van der Waals surface area contributed by atoms with Crippen LogP contribution in [0.15, 0.2) is 58.9 Å². The monoisotopic (exact) mass is 370 g/mol. The number of ether oxygens (including phenoxy) is 2. The summed E-state index contributed by atoms with van der Waals surface area (Å²) in [6.45, 7) is 4.39. The van der Waals surface area contributed by atoms with Crippen molar-refractivity contribution < 1.29 is 19.4 Å². The van der Waals surface area contributed by atoms with Crippen molar-refractivity contribution in [3.05, 3.63) is 58.9 Å². The lowest BCUT2D eigenvalue weighted by Crippen LogP contribution is -2.34. The third-order valence-corrected chi connectivity index (χ3v) is 5.54. The number of hydrogen-bond acceptors (Lipinski definition) is 3. The van der Waals surface area contributed by atoms with E-state index < -0.39 is 12.3 Å². The Bertz CT molecular complexity index is 708. The average molecular weight is 370 g/mol. The summed E-state index contributed by atoms with van der Waals surface area (Å²) >= 11 is 0. The predicted octanol–water partition coefficient (Wildman–Crippen LogP) is 5.45. The highest BCUT2D eigenvalue weighted by molar-refractivity contribution is 5.71. The molecule has 3 unspecified atom stereocenters. The summed E-state index contributed by atoms with van der Waals surface area (Å²) in [5.41, 5.74) is 3.35. The number of carboxylic acid groups (broad SMARTS) is 1. The number of unbranched alkanes of at least 4 members (excludes halogenated alkanes) is 1. The van der Waals surface area contributed by atoms with Gasteiger partial charge >= 0.3 is 5.97 Å². The van der Waals surface area contributed by atoms with E-state index in [1.165, 1.54) is 12.0 Å². The maximum atomic E-state index is 11.8. The van der Waals surface area contributed by atoms with Crippen molar-refractivity contribution in [3.63, 3.8) is 0 Å². The third kappa shape index (κ3) is 4.62. The van der Waals surface area contributed by atoms with Crippen LogP contribution in [0, 0.1) is 5.92 Å². The van der Waals surface area contributed by atoms with E-state index in [2.05, 4.69) is 32.1 Å². The molecule has 3 atom stereocenters. The molecule has 0 radical (unpaired) electrons. The molecule has 1 N–H and O–H groups in total. The first-order valence-corrected chi connectivity index (χ1v) is 10.2. The van der Waals surface area contributed by atoms with Gasteiger partial charge in [-0.2, -0.15) is 0 Å². The van der Waals surface area contributed by atoms with Crippen molar-refractivity contribution >= 4 is 5.97 Å². The number of aliphatic carboxylic acids is 1. The molecule has 4 heteroatoms. The molecule has 3 rings (SSSR count). The van der Waals surface area contributed by atoms with E-state index in [4.69, 9.17) is 9.47 Å². The first kappa shape index (κ1) is 19.7. The highest BCUT2D eigenvalue weighted by Crippen LogP contribution is 2.38. The molecule has 0 bridgehead atoms. The molecular weight excluding hydrogens is 340 g/mol. The Hall–Kier alpha value is -2.07. The van der Waals surface area contributed by atoms with Crippen LogP contribution in [0.25, 0.3) is 0 Å². The molecular formula is C23H30O4. The van der Waals surface area contributed by atoms with Crippen molar-refractivity contribution in [2.75, 3.05) is 0 Å². The summed E-state index contributed by atoms with van der Waals surface area (Å²) < 4.78 is 11.9. The van der Waals surface area contributed by atoms with E-state index in [0.717, 1.165) is 55.4 Å². The zero-order chi connectivity index (χ0) is 19.2. The molecule has 4 nitrogen and oxygen atoms in total. The highest BCUT2D eigenvalue weighted by Gasteiger charge is 2.33. The van der Waals surface area contributed by atoms with E-state index in [9.17, 15) is 9.90 Å². The van der Waals surface area contributed by atoms with Gasteiger partial charge in [-0.1, -0.05) is 76.0 Å². The number of fused-ring (bicyclic) bond motifs is 2. The van der Waals surface area contributed by atoms with Gasteiger partial charge in [0, 0.05) is 12.0 Å². The quantitative estimate of drug-likeness (QED) is 0.648. The van der Waals surface area contributed by atoms with Crippen LogP contribution in [-0.4, -0.2) is 23.5 Å². The van der Waals surface area contributed by atoms with E-state index in [1.54, 1.807) is 0 Å². The van der Waals surface area contributed by atoms with Gasteiger partial charge in [-0.05, 0) is 29.9 Å². The van der Waals surface area contributed by atoms with Gasteiger partial charge in [0.1, 0.15) is 11.9 Å². The Morgan fingerprint density at radius 2 is 2.15 bits per heavy atom. The first-order valence-electron chi connectivity index (χ1n) is 10.2. The second-order valence-corrected chi connectivity index (χ2v) is 7.42. The van der Waals surface area contributed by atoms with Gasteiger partial charge in [-0.3, -0.25) is 0 Å². The molecule has 27 heavy (non-hydrogen) atoms. The second-order valence-electron chi connectivity index (χ2n) is 7.42. The van der Waals surface area contributed by atoms with Crippen LogP contribution in [0.2, 0.25) is 0 Å². The fourth-order valence-corrected chi connectivity index (χ4v) is 3.96. The summed E-state index contributed by atoms with van der Waals surface area (Å²) in [6, 6.07) is 0. The topological polar surface area (TPSA) is 55.8 Å². The Kier molecular flexibility index (Phi) is 6.73. The van der Waals surface area contributed by atoms with E-state index in [1.807, 2.05) is 18.2 Å². The van der Waals surface area contributed by atoms with Gasteiger partial charge in [-0.15, -0.1) is 0 Å². The molecule has 2 aliphatic carbocycles. The van der Waals surface area contributed by atoms with Crippen LogP contribution in [0.4, 0.5) is 0 Å². The molecule has 0 spiro atoms. The minimum absolute atomic E-state index is 0.379. The molecule has 1 aliphatic heterocycles. The number of allylic oxidation sites excluding steroid dienone is 7. The fraction of sp³-hybridized carbons (Fsp3) is 0.522. The average Bonchev–Trinajstić information content (AvgIpc) is 2.68. The van der Waals surface area contributed by atoms with Crippen molar-refractivity contribution in [1.29, 1.82) is 0 Å². The number of rotatable bonds is 7. The molecule has 0 aromatic rings. The minimum Gasteiger partial charge on any atom is -0.477 e. The van der Waals surface area contributed by atoms with Crippen LogP contribution in [0.5, 0.6) is 0 Å². The van der Waals surface area contributed by atoms with Crippen LogP contribution in [0.3, 0.4) is 0 Å². The van der Waals surface area contributed by atoms with Gasteiger partial charge in [0.05, 0.1) is 0 Å². The van der Waals surface area contributed by atoms with E-state index in [0.29, 0.717) is 5.92 Å². The van der Waals surface area contributed by atoms with Gasteiger partial charge in [0.25, 0.3) is 6.29 Å². The normalized spacial score (nSPS) is 28.1. The third-order valence-electron chi connectivity index (χ3n) is 5.54. The zero-order valence-electron chi connectivity index (χ0n) is 16.3. The smallest absolute Gasteiger partial charge is 0.373 e. The zero-order valence-corrected chi connectivity index (χ0v) is 16.3. The number of carboxylic acids is 1. The van der Waals surface area contributed by atoms with Crippen molar-refractivity contribution in [2.24, 2.45) is 5.92 Å². The lowest BCUT2D eigenvalue weighted by atomic mass is 9.84. The minimum atomic E-state index is -1.29. The molecule has 0 amide bonds. The number of hydrogen-bond donors (Lipinski definition) is 1. The summed E-state index contributed by atoms with van der Waals surface area (Å²) in [4.78, 5) is 11.8. The summed E-state index contributed by atoms with van der Waals surface area (Å²) in [5.74, 6) is 0.172. The Morgan fingerprint density at radius 1 is 1.30 bits per heavy atom. The van der Waals surface area contributed by atoms with Crippen molar-refractivity contribution in [1.82, 2.24) is 0 Å². The van der Waals surface area contributed by atoms with Crippen LogP contribution in [-0.2, 0) is 14.3 Å². The maximum absolute atomic E-state index is 11.8. The van der Waals surface area contributed by atoms with Gasteiger partial charge in [0.15, 0.2) is 0 Å². The van der Waals surface area contributed by atoms with Crippen molar-refractivity contribution in [2.45, 2.75) is 71.2 Å². The molecule has 0 aromatic heterocycles. The van der Waals surface area contributed by atoms with Crippen LogP contribution >= 0.6 is 0 Å². The molecule has 146 valence electrons. The first-order chi connectivity index (χ1) is 13.1. The number of carbonyl (C=O) groups is 1. The van der Waals surface area contributed by atoms with Gasteiger partial charge in [0.2, 0.25) is 0 Å². The largest absolute Gasteiger partial charge is 0.477 e. The SMILES string of the molecule is CCCCC(CC)CC1=C2C=CCC/C2=C2\C=CC=CC2OC(C(=O)O)O1.